The molecule has 2 aromatic heterocycles. The van der Waals surface area contributed by atoms with Gasteiger partial charge in [0.05, 0.1) is 5.52 Å². The van der Waals surface area contributed by atoms with Crippen LogP contribution >= 0.6 is 0 Å². The summed E-state index contributed by atoms with van der Waals surface area (Å²) in [5.41, 5.74) is 3.82. The first-order valence-corrected chi connectivity index (χ1v) is 10.8. The molecule has 0 spiro atoms. The molecular weight excluding hydrogens is 377 g/mol. The summed E-state index contributed by atoms with van der Waals surface area (Å²) in [5.74, 6) is 0.969. The Morgan fingerprint density at radius 2 is 1.90 bits per heavy atom. The molecule has 5 rings (SSSR count). The number of hydrogen-bond donors (Lipinski definition) is 1. The number of pyridine rings is 1. The number of nitrogens with one attached hydrogen (secondary N) is 1. The standard InChI is InChI=1S/C25H26FN3O/c1-16(28-25-29-23-4-2-3-5-24(23)30-25)14-17-6-8-18(9-7-17)20-12-13-27-22-11-10-19(26)15-21(20)22/h2-5,10-13,15-18H,6-9,14H2,1H3,(H,28,29)/t16-,17?,18?/m1/s1. The molecule has 0 unspecified atom stereocenters. The highest BCUT2D eigenvalue weighted by molar-refractivity contribution is 5.82. The molecule has 0 saturated heterocycles. The van der Waals surface area contributed by atoms with E-state index in [2.05, 4.69) is 28.3 Å². The van der Waals surface area contributed by atoms with Crippen molar-refractivity contribution in [1.29, 1.82) is 0 Å². The third-order valence-corrected chi connectivity index (χ3v) is 6.37. The summed E-state index contributed by atoms with van der Waals surface area (Å²) in [6.07, 6.45) is 7.59. The van der Waals surface area contributed by atoms with Crippen molar-refractivity contribution in [3.8, 4) is 0 Å². The number of rotatable bonds is 5. The van der Waals surface area contributed by atoms with Gasteiger partial charge in [0.2, 0.25) is 0 Å². The number of nitrogens with zero attached hydrogens (tertiary/aromatic N) is 2. The quantitative estimate of drug-likeness (QED) is 0.404. The number of para-hydroxylation sites is 2. The van der Waals surface area contributed by atoms with Gasteiger partial charge in [0.1, 0.15) is 11.3 Å². The fourth-order valence-electron chi connectivity index (χ4n) is 4.91. The van der Waals surface area contributed by atoms with Crippen LogP contribution < -0.4 is 5.32 Å². The zero-order valence-corrected chi connectivity index (χ0v) is 17.1. The maximum Gasteiger partial charge on any atom is 0.295 e. The molecule has 1 aliphatic rings. The van der Waals surface area contributed by atoms with Crippen molar-refractivity contribution in [3.63, 3.8) is 0 Å². The molecule has 4 nitrogen and oxygen atoms in total. The highest BCUT2D eigenvalue weighted by Crippen LogP contribution is 2.40. The molecule has 1 atom stereocenters. The van der Waals surface area contributed by atoms with Crippen LogP contribution in [0.4, 0.5) is 10.4 Å². The second kappa shape index (κ2) is 8.05. The van der Waals surface area contributed by atoms with E-state index >= 15 is 0 Å². The Balaban J connectivity index is 1.20. The topological polar surface area (TPSA) is 51.0 Å². The third-order valence-electron chi connectivity index (χ3n) is 6.37. The van der Waals surface area contributed by atoms with Gasteiger partial charge in [-0.05, 0) is 92.8 Å². The molecule has 2 heterocycles. The lowest BCUT2D eigenvalue weighted by molar-refractivity contribution is 0.301. The van der Waals surface area contributed by atoms with Gasteiger partial charge >= 0.3 is 0 Å². The van der Waals surface area contributed by atoms with Crippen LogP contribution in [0.25, 0.3) is 22.0 Å². The van der Waals surface area contributed by atoms with Gasteiger partial charge in [0.25, 0.3) is 6.01 Å². The maximum absolute atomic E-state index is 13.8. The van der Waals surface area contributed by atoms with Crippen molar-refractivity contribution in [2.24, 2.45) is 5.92 Å². The first-order chi connectivity index (χ1) is 14.7. The summed E-state index contributed by atoms with van der Waals surface area (Å²) in [4.78, 5) is 8.92. The number of fused-ring (bicyclic) bond motifs is 2. The number of anilines is 1. The molecule has 0 aliphatic heterocycles. The van der Waals surface area contributed by atoms with E-state index in [1.807, 2.05) is 30.5 Å². The second-order valence-electron chi connectivity index (χ2n) is 8.55. The molecule has 4 aromatic rings. The van der Waals surface area contributed by atoms with Gasteiger partial charge in [-0.2, -0.15) is 4.98 Å². The lowest BCUT2D eigenvalue weighted by atomic mass is 9.76. The average Bonchev–Trinajstić information content (AvgIpc) is 3.16. The summed E-state index contributed by atoms with van der Waals surface area (Å²) in [6, 6.07) is 15.7. The predicted molar refractivity (Wildman–Crippen MR) is 118 cm³/mol. The number of halogens is 1. The van der Waals surface area contributed by atoms with Crippen LogP contribution in [0, 0.1) is 11.7 Å². The van der Waals surface area contributed by atoms with E-state index in [0.29, 0.717) is 23.9 Å². The van der Waals surface area contributed by atoms with Gasteiger partial charge in [-0.15, -0.1) is 0 Å². The van der Waals surface area contributed by atoms with Crippen LogP contribution in [-0.2, 0) is 0 Å². The van der Waals surface area contributed by atoms with Crippen LogP contribution in [0.2, 0.25) is 0 Å². The van der Waals surface area contributed by atoms with Crippen molar-refractivity contribution in [1.82, 2.24) is 9.97 Å². The highest BCUT2D eigenvalue weighted by atomic mass is 19.1. The SMILES string of the molecule is C[C@H](CC1CCC(c2ccnc3ccc(F)cc23)CC1)Nc1nc2ccccc2o1. The van der Waals surface area contributed by atoms with Crippen LogP contribution in [0.5, 0.6) is 0 Å². The lowest BCUT2D eigenvalue weighted by Crippen LogP contribution is -2.23. The molecule has 1 fully saturated rings. The molecule has 0 amide bonds. The van der Waals surface area contributed by atoms with Crippen molar-refractivity contribution < 1.29 is 8.81 Å². The maximum atomic E-state index is 13.8. The van der Waals surface area contributed by atoms with Crippen molar-refractivity contribution in [2.45, 2.75) is 51.0 Å². The van der Waals surface area contributed by atoms with Crippen molar-refractivity contribution in [2.75, 3.05) is 5.32 Å². The molecule has 5 heteroatoms. The number of benzene rings is 2. The lowest BCUT2D eigenvalue weighted by Gasteiger charge is -2.31. The van der Waals surface area contributed by atoms with E-state index in [1.54, 1.807) is 12.1 Å². The average molecular weight is 404 g/mol. The summed E-state index contributed by atoms with van der Waals surface area (Å²) in [5, 5.41) is 4.39. The van der Waals surface area contributed by atoms with E-state index in [9.17, 15) is 4.39 Å². The van der Waals surface area contributed by atoms with Gasteiger partial charge in [-0.1, -0.05) is 12.1 Å². The Morgan fingerprint density at radius 3 is 2.73 bits per heavy atom. The van der Waals surface area contributed by atoms with Gasteiger partial charge in [0, 0.05) is 17.6 Å². The Bertz CT molecular complexity index is 1130. The minimum atomic E-state index is -0.190. The Hall–Kier alpha value is -2.95. The zero-order chi connectivity index (χ0) is 20.5. The minimum Gasteiger partial charge on any atom is -0.424 e. The zero-order valence-electron chi connectivity index (χ0n) is 17.1. The Morgan fingerprint density at radius 1 is 1.07 bits per heavy atom. The van der Waals surface area contributed by atoms with Crippen molar-refractivity contribution in [3.05, 3.63) is 66.1 Å². The van der Waals surface area contributed by atoms with Crippen LogP contribution in [0.15, 0.2) is 59.1 Å². The largest absolute Gasteiger partial charge is 0.424 e. The minimum absolute atomic E-state index is 0.190. The van der Waals surface area contributed by atoms with Gasteiger partial charge in [-0.3, -0.25) is 4.98 Å². The van der Waals surface area contributed by atoms with E-state index in [4.69, 9.17) is 4.42 Å². The first kappa shape index (κ1) is 19.0. The summed E-state index contributed by atoms with van der Waals surface area (Å²) >= 11 is 0. The molecule has 1 saturated carbocycles. The fraction of sp³-hybridized carbons (Fsp3) is 0.360. The molecule has 154 valence electrons. The molecule has 0 radical (unpaired) electrons. The molecule has 1 N–H and O–H groups in total. The van der Waals surface area contributed by atoms with Gasteiger partial charge < -0.3 is 9.73 Å². The molecular formula is C25H26FN3O. The van der Waals surface area contributed by atoms with E-state index in [-0.39, 0.29) is 5.82 Å². The summed E-state index contributed by atoms with van der Waals surface area (Å²) in [6.45, 7) is 2.19. The normalized spacial score (nSPS) is 20.5. The van der Waals surface area contributed by atoms with Crippen LogP contribution in [0.3, 0.4) is 0 Å². The fourth-order valence-corrected chi connectivity index (χ4v) is 4.91. The van der Waals surface area contributed by atoms with Crippen LogP contribution in [-0.4, -0.2) is 16.0 Å². The molecule has 2 aromatic carbocycles. The number of hydrogen-bond acceptors (Lipinski definition) is 4. The second-order valence-corrected chi connectivity index (χ2v) is 8.55. The van der Waals surface area contributed by atoms with E-state index in [0.717, 1.165) is 41.3 Å². The molecule has 30 heavy (non-hydrogen) atoms. The number of aromatic nitrogens is 2. The highest BCUT2D eigenvalue weighted by Gasteiger charge is 2.25. The smallest absolute Gasteiger partial charge is 0.295 e. The Labute approximate surface area is 175 Å². The molecule has 1 aliphatic carbocycles. The summed E-state index contributed by atoms with van der Waals surface area (Å²) < 4.78 is 19.6. The van der Waals surface area contributed by atoms with Gasteiger partial charge in [-0.25, -0.2) is 4.39 Å². The monoisotopic (exact) mass is 403 g/mol. The van der Waals surface area contributed by atoms with E-state index in [1.165, 1.54) is 24.5 Å². The predicted octanol–water partition coefficient (Wildman–Crippen LogP) is 6.68. The third kappa shape index (κ3) is 3.89. The van der Waals surface area contributed by atoms with E-state index < -0.39 is 0 Å². The van der Waals surface area contributed by atoms with Crippen molar-refractivity contribution >= 4 is 28.0 Å². The summed E-state index contributed by atoms with van der Waals surface area (Å²) in [7, 11) is 0. The molecule has 0 bridgehead atoms. The number of oxazole rings is 1. The Kier molecular flexibility index (Phi) is 5.11. The first-order valence-electron chi connectivity index (χ1n) is 10.8. The van der Waals surface area contributed by atoms with Gasteiger partial charge in [0.15, 0.2) is 5.58 Å². The van der Waals surface area contributed by atoms with Crippen LogP contribution in [0.1, 0.15) is 50.5 Å².